The number of aromatic nitrogens is 1. The average molecular weight is 373 g/mol. The highest BCUT2D eigenvalue weighted by molar-refractivity contribution is 7.89. The van der Waals surface area contributed by atoms with Gasteiger partial charge in [0.1, 0.15) is 17.3 Å². The first-order valence-corrected chi connectivity index (χ1v) is 9.67. The van der Waals surface area contributed by atoms with Gasteiger partial charge in [0, 0.05) is 19.0 Å². The number of sulfonamides is 1. The summed E-state index contributed by atoms with van der Waals surface area (Å²) in [6.45, 7) is 2.42. The van der Waals surface area contributed by atoms with Gasteiger partial charge in [-0.3, -0.25) is 0 Å². The van der Waals surface area contributed by atoms with Crippen LogP contribution in [-0.2, 0) is 16.4 Å². The Hall–Kier alpha value is -1.44. The van der Waals surface area contributed by atoms with E-state index in [1.165, 1.54) is 10.4 Å². The fraction of sp³-hybridized carbons (Fsp3) is 0.438. The number of rotatable bonds is 5. The maximum absolute atomic E-state index is 13.3. The van der Waals surface area contributed by atoms with Crippen LogP contribution in [0.3, 0.4) is 0 Å². The lowest BCUT2D eigenvalue weighted by Crippen LogP contribution is -2.30. The number of benzene rings is 1. The quantitative estimate of drug-likeness (QED) is 0.797. The molecule has 1 fully saturated rings. The molecule has 0 radical (unpaired) electrons. The third-order valence-electron chi connectivity index (χ3n) is 4.12. The Morgan fingerprint density at radius 1 is 1.42 bits per heavy atom. The second kappa shape index (κ2) is 6.82. The van der Waals surface area contributed by atoms with Crippen LogP contribution in [0.1, 0.15) is 43.7 Å². The highest BCUT2D eigenvalue weighted by Crippen LogP contribution is 2.36. The first kappa shape index (κ1) is 17.4. The van der Waals surface area contributed by atoms with Crippen molar-refractivity contribution in [3.63, 3.8) is 0 Å². The molecule has 1 aliphatic rings. The number of halogens is 2. The molecule has 1 atom stereocenters. The summed E-state index contributed by atoms with van der Waals surface area (Å²) in [6.07, 6.45) is 3.09. The Labute approximate surface area is 145 Å². The molecule has 8 heteroatoms. The van der Waals surface area contributed by atoms with Crippen LogP contribution in [-0.4, -0.2) is 24.4 Å². The highest BCUT2D eigenvalue weighted by atomic mass is 35.5. The standard InChI is InChI=1S/C16H18ClFN2O3S/c1-2-4-11-9-15(19-23-11)16-5-3-8-20(16)24(21,22)12-6-7-14(18)13(17)10-12/h6-7,9-10,16H,2-5,8H2,1H3/t16-/m0/s1. The fourth-order valence-electron chi connectivity index (χ4n) is 2.95. The molecule has 3 rings (SSSR count). The number of aryl methyl sites for hydroxylation is 1. The maximum Gasteiger partial charge on any atom is 0.243 e. The Balaban J connectivity index is 1.92. The number of hydrogen-bond donors (Lipinski definition) is 0. The van der Waals surface area contributed by atoms with E-state index in [-0.39, 0.29) is 16.0 Å². The zero-order valence-electron chi connectivity index (χ0n) is 13.2. The van der Waals surface area contributed by atoms with Gasteiger partial charge in [-0.1, -0.05) is 23.7 Å². The van der Waals surface area contributed by atoms with E-state index < -0.39 is 15.8 Å². The first-order valence-electron chi connectivity index (χ1n) is 7.86. The maximum atomic E-state index is 13.3. The molecule has 1 aromatic heterocycles. The second-order valence-electron chi connectivity index (χ2n) is 5.82. The van der Waals surface area contributed by atoms with Crippen LogP contribution < -0.4 is 0 Å². The monoisotopic (exact) mass is 372 g/mol. The van der Waals surface area contributed by atoms with Crippen molar-refractivity contribution in [1.29, 1.82) is 0 Å². The Morgan fingerprint density at radius 3 is 2.92 bits per heavy atom. The summed E-state index contributed by atoms with van der Waals surface area (Å²) in [7, 11) is -3.78. The zero-order valence-corrected chi connectivity index (χ0v) is 14.8. The normalized spacial score (nSPS) is 19.0. The molecule has 1 aromatic carbocycles. The molecule has 0 N–H and O–H groups in total. The van der Waals surface area contributed by atoms with E-state index in [2.05, 4.69) is 5.16 Å². The molecule has 1 saturated heterocycles. The molecule has 2 aromatic rings. The lowest BCUT2D eigenvalue weighted by molar-refractivity contribution is 0.343. The minimum Gasteiger partial charge on any atom is -0.361 e. The van der Waals surface area contributed by atoms with Crippen LogP contribution >= 0.6 is 11.6 Å². The molecule has 1 aliphatic heterocycles. The predicted molar refractivity (Wildman–Crippen MR) is 87.8 cm³/mol. The van der Waals surface area contributed by atoms with E-state index in [4.69, 9.17) is 16.1 Å². The topological polar surface area (TPSA) is 63.4 Å². The van der Waals surface area contributed by atoms with Crippen LogP contribution in [0.4, 0.5) is 4.39 Å². The summed E-state index contributed by atoms with van der Waals surface area (Å²) < 4.78 is 45.8. The predicted octanol–water partition coefficient (Wildman–Crippen LogP) is 3.95. The van der Waals surface area contributed by atoms with E-state index in [1.54, 1.807) is 0 Å². The Kier molecular flexibility index (Phi) is 4.94. The van der Waals surface area contributed by atoms with Gasteiger partial charge >= 0.3 is 0 Å². The summed E-state index contributed by atoms with van der Waals surface area (Å²) >= 11 is 5.73. The van der Waals surface area contributed by atoms with Crippen molar-refractivity contribution in [3.8, 4) is 0 Å². The van der Waals surface area contributed by atoms with Crippen LogP contribution in [0.15, 0.2) is 33.7 Å². The van der Waals surface area contributed by atoms with Crippen molar-refractivity contribution in [2.24, 2.45) is 0 Å². The molecule has 2 heterocycles. The molecular formula is C16H18ClFN2O3S. The van der Waals surface area contributed by atoms with E-state index in [1.807, 2.05) is 13.0 Å². The zero-order chi connectivity index (χ0) is 17.3. The van der Waals surface area contributed by atoms with Crippen molar-refractivity contribution in [1.82, 2.24) is 9.46 Å². The van der Waals surface area contributed by atoms with Gasteiger partial charge in [0.05, 0.1) is 16.0 Å². The molecule has 24 heavy (non-hydrogen) atoms. The van der Waals surface area contributed by atoms with Gasteiger partial charge in [-0.15, -0.1) is 0 Å². The minimum atomic E-state index is -3.78. The Bertz CT molecular complexity index is 838. The third-order valence-corrected chi connectivity index (χ3v) is 6.31. The summed E-state index contributed by atoms with van der Waals surface area (Å²) in [6, 6.07) is 4.90. The van der Waals surface area contributed by atoms with Crippen molar-refractivity contribution in [2.45, 2.75) is 43.5 Å². The van der Waals surface area contributed by atoms with Gasteiger partial charge in [-0.05, 0) is 37.5 Å². The van der Waals surface area contributed by atoms with Gasteiger partial charge in [-0.25, -0.2) is 12.8 Å². The minimum absolute atomic E-state index is 0.0157. The van der Waals surface area contributed by atoms with Gasteiger partial charge < -0.3 is 4.52 Å². The van der Waals surface area contributed by atoms with Crippen LogP contribution in [0.2, 0.25) is 5.02 Å². The summed E-state index contributed by atoms with van der Waals surface area (Å²) in [5.74, 6) is 0.107. The molecule has 130 valence electrons. The van der Waals surface area contributed by atoms with Crippen LogP contribution in [0.5, 0.6) is 0 Å². The van der Waals surface area contributed by atoms with Gasteiger partial charge in [-0.2, -0.15) is 4.31 Å². The van der Waals surface area contributed by atoms with E-state index in [0.717, 1.165) is 37.2 Å². The fourth-order valence-corrected chi connectivity index (χ4v) is 4.89. The van der Waals surface area contributed by atoms with Crippen molar-refractivity contribution < 1.29 is 17.3 Å². The Morgan fingerprint density at radius 2 is 2.21 bits per heavy atom. The first-order chi connectivity index (χ1) is 11.4. The van der Waals surface area contributed by atoms with Gasteiger partial charge in [0.2, 0.25) is 10.0 Å². The van der Waals surface area contributed by atoms with Gasteiger partial charge in [0.15, 0.2) is 0 Å². The molecule has 0 amide bonds. The van der Waals surface area contributed by atoms with Gasteiger partial charge in [0.25, 0.3) is 0 Å². The molecule has 0 aliphatic carbocycles. The second-order valence-corrected chi connectivity index (χ2v) is 8.12. The molecular weight excluding hydrogens is 355 g/mol. The molecule has 0 bridgehead atoms. The van der Waals surface area contributed by atoms with Crippen LogP contribution in [0, 0.1) is 5.82 Å². The molecule has 0 spiro atoms. The summed E-state index contributed by atoms with van der Waals surface area (Å²) in [4.78, 5) is -0.0157. The molecule has 0 unspecified atom stereocenters. The average Bonchev–Trinajstić information content (AvgIpc) is 3.19. The van der Waals surface area contributed by atoms with Crippen molar-refractivity contribution in [3.05, 3.63) is 46.6 Å². The molecule has 5 nitrogen and oxygen atoms in total. The largest absolute Gasteiger partial charge is 0.361 e. The smallest absolute Gasteiger partial charge is 0.243 e. The number of hydrogen-bond acceptors (Lipinski definition) is 4. The van der Waals surface area contributed by atoms with Crippen LogP contribution in [0.25, 0.3) is 0 Å². The van der Waals surface area contributed by atoms with E-state index >= 15 is 0 Å². The SMILES string of the molecule is CCCc1cc([C@@H]2CCCN2S(=O)(=O)c2ccc(F)c(Cl)c2)no1. The van der Waals surface area contributed by atoms with Crippen molar-refractivity contribution >= 4 is 21.6 Å². The molecule has 0 saturated carbocycles. The third kappa shape index (κ3) is 3.20. The van der Waals surface area contributed by atoms with E-state index in [0.29, 0.717) is 18.7 Å². The summed E-state index contributed by atoms with van der Waals surface area (Å²) in [5, 5.41) is 3.83. The lowest BCUT2D eigenvalue weighted by Gasteiger charge is -2.22. The highest BCUT2D eigenvalue weighted by Gasteiger charge is 2.38. The summed E-state index contributed by atoms with van der Waals surface area (Å²) in [5.41, 5.74) is 0.618. The van der Waals surface area contributed by atoms with E-state index in [9.17, 15) is 12.8 Å². The lowest BCUT2D eigenvalue weighted by atomic mass is 10.1. The number of nitrogens with zero attached hydrogens (tertiary/aromatic N) is 2. The van der Waals surface area contributed by atoms with Crippen molar-refractivity contribution in [2.75, 3.05) is 6.54 Å².